The Bertz CT molecular complexity index is 715. The third-order valence-corrected chi connectivity index (χ3v) is 5.18. The van der Waals surface area contributed by atoms with Crippen molar-refractivity contribution in [3.63, 3.8) is 0 Å². The molecule has 0 spiro atoms. The van der Waals surface area contributed by atoms with E-state index in [1.54, 1.807) is 42.2 Å². The topological polar surface area (TPSA) is 71.8 Å². The molecule has 1 aliphatic rings. The van der Waals surface area contributed by atoms with E-state index >= 15 is 0 Å². The van der Waals surface area contributed by atoms with Crippen molar-refractivity contribution in [1.29, 1.82) is 0 Å². The predicted molar refractivity (Wildman–Crippen MR) is 95.1 cm³/mol. The maximum atomic E-state index is 12.2. The van der Waals surface area contributed by atoms with Gasteiger partial charge in [-0.25, -0.2) is 0 Å². The number of methoxy groups -OCH3 is 1. The lowest BCUT2D eigenvalue weighted by molar-refractivity contribution is -0.128. The lowest BCUT2D eigenvalue weighted by Gasteiger charge is -2.23. The smallest absolute Gasteiger partial charge is 0.251 e. The Kier molecular flexibility index (Phi) is 5.78. The Labute approximate surface area is 150 Å². The first-order valence-electron chi connectivity index (χ1n) is 7.99. The highest BCUT2D eigenvalue weighted by Gasteiger charge is 2.33. The molecular formula is C18H20N2O4S. The summed E-state index contributed by atoms with van der Waals surface area (Å²) >= 11 is 1.58. The molecule has 2 aromatic rings. The predicted octanol–water partition coefficient (Wildman–Crippen LogP) is 2.43. The van der Waals surface area contributed by atoms with E-state index in [0.29, 0.717) is 31.0 Å². The molecule has 1 aromatic heterocycles. The van der Waals surface area contributed by atoms with E-state index in [1.165, 1.54) is 0 Å². The van der Waals surface area contributed by atoms with E-state index in [-0.39, 0.29) is 17.2 Å². The van der Waals surface area contributed by atoms with E-state index in [1.807, 2.05) is 24.3 Å². The minimum atomic E-state index is -0.133. The lowest BCUT2D eigenvalue weighted by Crippen LogP contribution is -2.28. The average molecular weight is 360 g/mol. The standard InChI is InChI=1S/C18H20N2O4S/c1-23-10-8-19-17(22)13-4-6-14(7-5-13)18-20(16(21)12-25-18)11-15-3-2-9-24-15/h2-7,9,18H,8,10-12H2,1H3,(H,19,22)/t18-/m0/s1. The molecule has 1 fully saturated rings. The first-order valence-corrected chi connectivity index (χ1v) is 9.04. The fraction of sp³-hybridized carbons (Fsp3) is 0.333. The molecule has 1 saturated heterocycles. The number of furan rings is 1. The zero-order chi connectivity index (χ0) is 17.6. The first kappa shape index (κ1) is 17.6. The molecule has 1 N–H and O–H groups in total. The summed E-state index contributed by atoms with van der Waals surface area (Å²) in [5.74, 6) is 1.17. The van der Waals surface area contributed by atoms with Crippen LogP contribution in [0, 0.1) is 0 Å². The normalized spacial score (nSPS) is 17.1. The van der Waals surface area contributed by atoms with Crippen LogP contribution >= 0.6 is 11.8 Å². The summed E-state index contributed by atoms with van der Waals surface area (Å²) in [5.41, 5.74) is 1.59. The van der Waals surface area contributed by atoms with Crippen molar-refractivity contribution < 1.29 is 18.7 Å². The molecule has 1 atom stereocenters. The van der Waals surface area contributed by atoms with Crippen molar-refractivity contribution in [2.24, 2.45) is 0 Å². The van der Waals surface area contributed by atoms with Gasteiger partial charge in [-0.2, -0.15) is 0 Å². The van der Waals surface area contributed by atoms with Crippen LogP contribution in [0.3, 0.4) is 0 Å². The van der Waals surface area contributed by atoms with Crippen molar-refractivity contribution in [2.75, 3.05) is 26.0 Å². The summed E-state index contributed by atoms with van der Waals surface area (Å²) in [6, 6.07) is 11.0. The largest absolute Gasteiger partial charge is 0.467 e. The summed E-state index contributed by atoms with van der Waals surface area (Å²) in [6.07, 6.45) is 1.61. The van der Waals surface area contributed by atoms with E-state index in [9.17, 15) is 9.59 Å². The second-order valence-electron chi connectivity index (χ2n) is 5.64. The molecule has 1 aromatic carbocycles. The number of carbonyl (C=O) groups is 2. The number of rotatable bonds is 7. The number of hydrogen-bond donors (Lipinski definition) is 1. The van der Waals surface area contributed by atoms with Crippen LogP contribution in [0.15, 0.2) is 47.1 Å². The van der Waals surface area contributed by atoms with Crippen LogP contribution in [0.25, 0.3) is 0 Å². The molecule has 7 heteroatoms. The quantitative estimate of drug-likeness (QED) is 0.768. The van der Waals surface area contributed by atoms with Gasteiger partial charge in [-0.05, 0) is 29.8 Å². The van der Waals surface area contributed by atoms with Gasteiger partial charge in [-0.3, -0.25) is 9.59 Å². The summed E-state index contributed by atoms with van der Waals surface area (Å²) in [5, 5.41) is 2.72. The van der Waals surface area contributed by atoms with Crippen LogP contribution < -0.4 is 5.32 Å². The SMILES string of the molecule is COCCNC(=O)c1ccc([C@@H]2SCC(=O)N2Cc2ccco2)cc1. The van der Waals surface area contributed by atoms with E-state index in [0.717, 1.165) is 11.3 Å². The number of amides is 2. The van der Waals surface area contributed by atoms with Gasteiger partial charge in [0.1, 0.15) is 11.1 Å². The zero-order valence-corrected chi connectivity index (χ0v) is 14.8. The van der Waals surface area contributed by atoms with E-state index in [2.05, 4.69) is 5.32 Å². The number of nitrogens with one attached hydrogen (secondary N) is 1. The van der Waals surface area contributed by atoms with Gasteiger partial charge in [0, 0.05) is 19.2 Å². The Morgan fingerprint density at radius 3 is 2.84 bits per heavy atom. The third-order valence-electron chi connectivity index (χ3n) is 3.92. The number of thioether (sulfide) groups is 1. The summed E-state index contributed by atoms with van der Waals surface area (Å²) < 4.78 is 10.3. The molecule has 0 unspecified atom stereocenters. The van der Waals surface area contributed by atoms with Gasteiger partial charge in [-0.15, -0.1) is 11.8 Å². The second kappa shape index (κ2) is 8.22. The Balaban J connectivity index is 1.68. The highest BCUT2D eigenvalue weighted by Crippen LogP contribution is 2.39. The molecule has 0 bridgehead atoms. The molecule has 2 heterocycles. The molecule has 0 radical (unpaired) electrons. The Morgan fingerprint density at radius 1 is 1.36 bits per heavy atom. The molecule has 132 valence electrons. The summed E-state index contributed by atoms with van der Waals surface area (Å²) in [4.78, 5) is 26.0. The fourth-order valence-corrected chi connectivity index (χ4v) is 3.83. The van der Waals surface area contributed by atoms with Crippen molar-refractivity contribution in [1.82, 2.24) is 10.2 Å². The van der Waals surface area contributed by atoms with Crippen molar-refractivity contribution in [3.8, 4) is 0 Å². The minimum Gasteiger partial charge on any atom is -0.467 e. The molecule has 1 aliphatic heterocycles. The van der Waals surface area contributed by atoms with Crippen molar-refractivity contribution in [3.05, 3.63) is 59.5 Å². The molecule has 6 nitrogen and oxygen atoms in total. The lowest BCUT2D eigenvalue weighted by atomic mass is 10.1. The van der Waals surface area contributed by atoms with Crippen LogP contribution in [0.5, 0.6) is 0 Å². The van der Waals surface area contributed by atoms with Crippen LogP contribution in [-0.4, -0.2) is 42.7 Å². The first-order chi connectivity index (χ1) is 12.2. The van der Waals surface area contributed by atoms with E-state index < -0.39 is 0 Å². The zero-order valence-electron chi connectivity index (χ0n) is 13.9. The van der Waals surface area contributed by atoms with Crippen LogP contribution in [0.4, 0.5) is 0 Å². The monoisotopic (exact) mass is 360 g/mol. The molecular weight excluding hydrogens is 340 g/mol. The van der Waals surface area contributed by atoms with Gasteiger partial charge in [0.15, 0.2) is 0 Å². The highest BCUT2D eigenvalue weighted by atomic mass is 32.2. The van der Waals surface area contributed by atoms with Gasteiger partial charge >= 0.3 is 0 Å². The van der Waals surface area contributed by atoms with Crippen LogP contribution in [0.2, 0.25) is 0 Å². The molecule has 3 rings (SSSR count). The highest BCUT2D eigenvalue weighted by molar-refractivity contribution is 8.00. The fourth-order valence-electron chi connectivity index (χ4n) is 2.64. The average Bonchev–Trinajstić information content (AvgIpc) is 3.26. The van der Waals surface area contributed by atoms with Gasteiger partial charge in [0.25, 0.3) is 5.91 Å². The van der Waals surface area contributed by atoms with Crippen molar-refractivity contribution >= 4 is 23.6 Å². The number of nitrogens with zero attached hydrogens (tertiary/aromatic N) is 1. The molecule has 0 aliphatic carbocycles. The molecule has 25 heavy (non-hydrogen) atoms. The number of carbonyl (C=O) groups excluding carboxylic acids is 2. The maximum Gasteiger partial charge on any atom is 0.251 e. The number of ether oxygens (including phenoxy) is 1. The summed E-state index contributed by atoms with van der Waals surface area (Å²) in [7, 11) is 1.59. The number of benzene rings is 1. The summed E-state index contributed by atoms with van der Waals surface area (Å²) in [6.45, 7) is 1.40. The maximum absolute atomic E-state index is 12.2. The third kappa shape index (κ3) is 4.24. The molecule has 0 saturated carbocycles. The minimum absolute atomic E-state index is 0.0665. The van der Waals surface area contributed by atoms with Gasteiger partial charge in [-0.1, -0.05) is 12.1 Å². The second-order valence-corrected chi connectivity index (χ2v) is 6.70. The molecule has 2 amide bonds. The van der Waals surface area contributed by atoms with Crippen LogP contribution in [-0.2, 0) is 16.1 Å². The van der Waals surface area contributed by atoms with Gasteiger partial charge in [0.2, 0.25) is 5.91 Å². The number of hydrogen-bond acceptors (Lipinski definition) is 5. The van der Waals surface area contributed by atoms with E-state index in [4.69, 9.17) is 9.15 Å². The van der Waals surface area contributed by atoms with Gasteiger partial charge in [0.05, 0.1) is 25.2 Å². The van der Waals surface area contributed by atoms with Gasteiger partial charge < -0.3 is 19.4 Å². The van der Waals surface area contributed by atoms with Crippen LogP contribution in [0.1, 0.15) is 27.1 Å². The Hall–Kier alpha value is -2.25. The Morgan fingerprint density at radius 2 is 2.16 bits per heavy atom. The van der Waals surface area contributed by atoms with Crippen molar-refractivity contribution in [2.45, 2.75) is 11.9 Å².